The van der Waals surface area contributed by atoms with Gasteiger partial charge in [-0.1, -0.05) is 42.2 Å². The molecule has 3 rings (SSSR count). The minimum absolute atomic E-state index is 0.0863. The summed E-state index contributed by atoms with van der Waals surface area (Å²) in [5.74, 6) is 5.81. The number of aliphatic hydroxyl groups excluding tert-OH is 2. The topological polar surface area (TPSA) is 46.9 Å². The molecule has 2 aromatic carbocycles. The van der Waals surface area contributed by atoms with E-state index in [4.69, 9.17) is 5.11 Å². The highest BCUT2D eigenvalue weighted by Crippen LogP contribution is 2.19. The van der Waals surface area contributed by atoms with Crippen molar-refractivity contribution in [3.05, 3.63) is 71.0 Å². The highest BCUT2D eigenvalue weighted by molar-refractivity contribution is 5.36. The molecule has 1 aliphatic heterocycles. The number of hydrogen-bond donors (Lipinski definition) is 2. The number of hydrogen-bond acceptors (Lipinski definition) is 4. The Hall–Kier alpha value is -2.23. The average Bonchev–Trinajstić information content (AvgIpc) is 2.73. The lowest BCUT2D eigenvalue weighted by molar-refractivity contribution is 0.0493. The molecule has 0 aromatic heterocycles. The van der Waals surface area contributed by atoms with Crippen LogP contribution >= 0.6 is 0 Å². The Morgan fingerprint density at radius 2 is 1.76 bits per heavy atom. The second-order valence-electron chi connectivity index (χ2n) is 7.44. The van der Waals surface area contributed by atoms with Gasteiger partial charge in [0.25, 0.3) is 0 Å². The Morgan fingerprint density at radius 1 is 0.966 bits per heavy atom. The zero-order valence-corrected chi connectivity index (χ0v) is 16.7. The van der Waals surface area contributed by atoms with Crippen LogP contribution in [0.3, 0.4) is 0 Å². The first-order chi connectivity index (χ1) is 14.2. The van der Waals surface area contributed by atoms with E-state index in [1.807, 2.05) is 24.3 Å². The molecular weight excluding hydrogens is 367 g/mol. The van der Waals surface area contributed by atoms with Crippen LogP contribution in [-0.4, -0.2) is 58.9 Å². The smallest absolute Gasteiger partial charge is 0.127 e. The van der Waals surface area contributed by atoms with Gasteiger partial charge < -0.3 is 10.2 Å². The van der Waals surface area contributed by atoms with Gasteiger partial charge in [0.15, 0.2) is 0 Å². The fourth-order valence-corrected chi connectivity index (χ4v) is 3.75. The third-order valence-electron chi connectivity index (χ3n) is 5.31. The molecule has 5 heteroatoms. The minimum atomic E-state index is -0.167. The van der Waals surface area contributed by atoms with E-state index in [2.05, 4.69) is 33.8 Å². The van der Waals surface area contributed by atoms with Crippen molar-refractivity contribution in [3.63, 3.8) is 0 Å². The third kappa shape index (κ3) is 6.38. The van der Waals surface area contributed by atoms with Crippen LogP contribution in [0.15, 0.2) is 48.5 Å². The first kappa shape index (κ1) is 21.5. The van der Waals surface area contributed by atoms with Gasteiger partial charge in [0.1, 0.15) is 5.82 Å². The van der Waals surface area contributed by atoms with Crippen molar-refractivity contribution in [1.82, 2.24) is 9.80 Å². The van der Waals surface area contributed by atoms with Crippen LogP contribution in [0.2, 0.25) is 0 Å². The van der Waals surface area contributed by atoms with Crippen LogP contribution in [0.1, 0.15) is 29.5 Å². The lowest BCUT2D eigenvalue weighted by Gasteiger charge is -2.41. The summed E-state index contributed by atoms with van der Waals surface area (Å²) in [4.78, 5) is 4.68. The fraction of sp³-hybridized carbons (Fsp3) is 0.417. The summed E-state index contributed by atoms with van der Waals surface area (Å²) < 4.78 is 14.0. The number of aliphatic hydroxyl groups is 2. The Kier molecular flexibility index (Phi) is 8.21. The van der Waals surface area contributed by atoms with Gasteiger partial charge in [0.2, 0.25) is 0 Å². The van der Waals surface area contributed by atoms with Gasteiger partial charge in [-0.2, -0.15) is 0 Å². The first-order valence-electron chi connectivity index (χ1n) is 10.2. The second kappa shape index (κ2) is 11.1. The summed E-state index contributed by atoms with van der Waals surface area (Å²) in [6.45, 7) is 4.26. The quantitative estimate of drug-likeness (QED) is 0.707. The largest absolute Gasteiger partial charge is 0.396 e. The van der Waals surface area contributed by atoms with Crippen molar-refractivity contribution in [2.45, 2.75) is 32.0 Å². The summed E-state index contributed by atoms with van der Waals surface area (Å²) in [5.41, 5.74) is 2.89. The van der Waals surface area contributed by atoms with Gasteiger partial charge in [0, 0.05) is 62.9 Å². The lowest BCUT2D eigenvalue weighted by Crippen LogP contribution is -2.52. The SMILES string of the molecule is OCCC#Cc1ccc(CN2CCN(Cc3ccccc3F)C(CCO)C2)cc1. The van der Waals surface area contributed by atoms with Crippen LogP contribution in [0.25, 0.3) is 0 Å². The zero-order chi connectivity index (χ0) is 20.5. The Labute approximate surface area is 172 Å². The van der Waals surface area contributed by atoms with Crippen LogP contribution in [-0.2, 0) is 13.1 Å². The maximum atomic E-state index is 14.0. The Morgan fingerprint density at radius 3 is 2.48 bits per heavy atom. The first-order valence-corrected chi connectivity index (χ1v) is 10.2. The molecular formula is C24H29FN2O2. The van der Waals surface area contributed by atoms with Crippen LogP contribution in [0, 0.1) is 17.7 Å². The van der Waals surface area contributed by atoms with E-state index in [1.165, 1.54) is 11.6 Å². The number of nitrogens with zero attached hydrogens (tertiary/aromatic N) is 2. The van der Waals surface area contributed by atoms with Crippen molar-refractivity contribution in [2.24, 2.45) is 0 Å². The van der Waals surface area contributed by atoms with E-state index in [-0.39, 0.29) is 25.1 Å². The monoisotopic (exact) mass is 396 g/mol. The molecule has 0 radical (unpaired) electrons. The van der Waals surface area contributed by atoms with Crippen molar-refractivity contribution < 1.29 is 14.6 Å². The molecule has 0 bridgehead atoms. The number of rotatable bonds is 7. The molecule has 1 heterocycles. The standard InChI is InChI=1S/C24H29FN2O2/c25-24-7-2-1-6-22(24)18-27-14-13-26(19-23(27)12-16-29)17-21-10-8-20(9-11-21)5-3-4-15-28/h1-2,6-11,23,28-29H,4,12-19H2. The molecule has 0 amide bonds. The molecule has 2 aromatic rings. The van der Waals surface area contributed by atoms with Crippen LogP contribution in [0.5, 0.6) is 0 Å². The molecule has 0 spiro atoms. The van der Waals surface area contributed by atoms with Gasteiger partial charge >= 0.3 is 0 Å². The van der Waals surface area contributed by atoms with E-state index in [0.29, 0.717) is 24.9 Å². The summed E-state index contributed by atoms with van der Waals surface area (Å²) in [6, 6.07) is 15.3. The second-order valence-corrected chi connectivity index (χ2v) is 7.44. The van der Waals surface area contributed by atoms with Crippen LogP contribution < -0.4 is 0 Å². The Bertz CT molecular complexity index is 829. The average molecular weight is 397 g/mol. The summed E-state index contributed by atoms with van der Waals surface area (Å²) >= 11 is 0. The number of benzene rings is 2. The molecule has 0 saturated carbocycles. The molecule has 1 fully saturated rings. The van der Waals surface area contributed by atoms with Gasteiger partial charge in [-0.3, -0.25) is 9.80 Å². The minimum Gasteiger partial charge on any atom is -0.396 e. The highest BCUT2D eigenvalue weighted by atomic mass is 19.1. The maximum Gasteiger partial charge on any atom is 0.127 e. The lowest BCUT2D eigenvalue weighted by atomic mass is 10.1. The number of halogens is 1. The predicted molar refractivity (Wildman–Crippen MR) is 113 cm³/mol. The molecule has 1 unspecified atom stereocenters. The van der Waals surface area contributed by atoms with E-state index in [9.17, 15) is 9.50 Å². The van der Waals surface area contributed by atoms with Gasteiger partial charge in [-0.05, 0) is 30.2 Å². The van der Waals surface area contributed by atoms with E-state index >= 15 is 0 Å². The van der Waals surface area contributed by atoms with Crippen molar-refractivity contribution in [2.75, 3.05) is 32.8 Å². The molecule has 29 heavy (non-hydrogen) atoms. The summed E-state index contributed by atoms with van der Waals surface area (Å²) in [5, 5.41) is 18.3. The van der Waals surface area contributed by atoms with E-state index in [0.717, 1.165) is 31.7 Å². The van der Waals surface area contributed by atoms with Gasteiger partial charge in [0.05, 0.1) is 6.61 Å². The molecule has 154 valence electrons. The summed E-state index contributed by atoms with van der Waals surface area (Å²) in [6.07, 6.45) is 1.18. The van der Waals surface area contributed by atoms with E-state index in [1.54, 1.807) is 6.07 Å². The van der Waals surface area contributed by atoms with Crippen molar-refractivity contribution in [1.29, 1.82) is 0 Å². The fourth-order valence-electron chi connectivity index (χ4n) is 3.75. The highest BCUT2D eigenvalue weighted by Gasteiger charge is 2.27. The predicted octanol–water partition coefficient (Wildman–Crippen LogP) is 2.63. The van der Waals surface area contributed by atoms with Crippen molar-refractivity contribution in [3.8, 4) is 11.8 Å². The van der Waals surface area contributed by atoms with Gasteiger partial charge in [-0.25, -0.2) is 4.39 Å². The molecule has 1 saturated heterocycles. The normalized spacial score (nSPS) is 17.7. The Balaban J connectivity index is 1.59. The zero-order valence-electron chi connectivity index (χ0n) is 16.7. The van der Waals surface area contributed by atoms with Crippen LogP contribution in [0.4, 0.5) is 4.39 Å². The van der Waals surface area contributed by atoms with Crippen molar-refractivity contribution >= 4 is 0 Å². The molecule has 1 aliphatic rings. The summed E-state index contributed by atoms with van der Waals surface area (Å²) in [7, 11) is 0. The van der Waals surface area contributed by atoms with E-state index < -0.39 is 0 Å². The molecule has 1 atom stereocenters. The molecule has 2 N–H and O–H groups in total. The third-order valence-corrected chi connectivity index (χ3v) is 5.31. The van der Waals surface area contributed by atoms with Gasteiger partial charge in [-0.15, -0.1) is 0 Å². The number of piperazine rings is 1. The maximum absolute atomic E-state index is 14.0. The molecule has 4 nitrogen and oxygen atoms in total. The molecule has 0 aliphatic carbocycles.